The summed E-state index contributed by atoms with van der Waals surface area (Å²) in [6.07, 6.45) is 3.06. The maximum atomic E-state index is 10.5. The minimum atomic E-state index is -0.453. The smallest absolute Gasteiger partial charge is 0.142 e. The van der Waals surface area contributed by atoms with Gasteiger partial charge in [-0.2, -0.15) is 0 Å². The van der Waals surface area contributed by atoms with Crippen molar-refractivity contribution in [2.45, 2.75) is 19.1 Å². The molecule has 2 N–H and O–H groups in total. The number of benzene rings is 1. The molecule has 1 aliphatic rings. The SMILES string of the molecule is C[C@@H]1CN(c2ncnc3[nH]ccc23)CCN1C[C@H](O)c1ccccc1. The Balaban J connectivity index is 1.45. The average molecular weight is 337 g/mol. The van der Waals surface area contributed by atoms with E-state index in [0.717, 1.165) is 42.0 Å². The van der Waals surface area contributed by atoms with Crippen molar-refractivity contribution in [1.82, 2.24) is 19.9 Å². The molecule has 25 heavy (non-hydrogen) atoms. The molecule has 0 radical (unpaired) electrons. The molecule has 3 aromatic rings. The molecule has 3 heterocycles. The Kier molecular flexibility index (Phi) is 4.38. The molecule has 130 valence electrons. The average Bonchev–Trinajstić information content (AvgIpc) is 3.13. The number of H-pyrrole nitrogens is 1. The van der Waals surface area contributed by atoms with E-state index in [0.29, 0.717) is 12.6 Å². The number of nitrogens with one attached hydrogen (secondary N) is 1. The van der Waals surface area contributed by atoms with Gasteiger partial charge in [-0.05, 0) is 18.6 Å². The van der Waals surface area contributed by atoms with Crippen molar-refractivity contribution >= 4 is 16.9 Å². The van der Waals surface area contributed by atoms with Crippen LogP contribution >= 0.6 is 0 Å². The number of hydrogen-bond acceptors (Lipinski definition) is 5. The first kappa shape index (κ1) is 16.1. The molecule has 0 amide bonds. The lowest BCUT2D eigenvalue weighted by Crippen LogP contribution is -2.53. The largest absolute Gasteiger partial charge is 0.387 e. The van der Waals surface area contributed by atoms with Crippen LogP contribution in [0.2, 0.25) is 0 Å². The molecule has 2 atom stereocenters. The number of nitrogens with zero attached hydrogens (tertiary/aromatic N) is 4. The van der Waals surface area contributed by atoms with Crippen LogP contribution in [0.4, 0.5) is 5.82 Å². The quantitative estimate of drug-likeness (QED) is 0.764. The number of fused-ring (bicyclic) bond motifs is 1. The van der Waals surface area contributed by atoms with Crippen LogP contribution in [-0.4, -0.2) is 57.2 Å². The maximum absolute atomic E-state index is 10.5. The van der Waals surface area contributed by atoms with Gasteiger partial charge in [-0.3, -0.25) is 4.90 Å². The van der Waals surface area contributed by atoms with E-state index < -0.39 is 6.10 Å². The highest BCUT2D eigenvalue weighted by Crippen LogP contribution is 2.25. The minimum absolute atomic E-state index is 0.344. The Morgan fingerprint density at radius 2 is 2.04 bits per heavy atom. The second-order valence-electron chi connectivity index (χ2n) is 6.65. The van der Waals surface area contributed by atoms with Gasteiger partial charge >= 0.3 is 0 Å². The van der Waals surface area contributed by atoms with Gasteiger partial charge in [-0.15, -0.1) is 0 Å². The minimum Gasteiger partial charge on any atom is -0.387 e. The first-order valence-electron chi connectivity index (χ1n) is 8.72. The number of hydrogen-bond donors (Lipinski definition) is 2. The normalized spacial score (nSPS) is 20.1. The van der Waals surface area contributed by atoms with E-state index in [1.54, 1.807) is 6.33 Å². The lowest BCUT2D eigenvalue weighted by atomic mass is 10.1. The molecule has 1 aliphatic heterocycles. The second kappa shape index (κ2) is 6.82. The van der Waals surface area contributed by atoms with Gasteiger partial charge in [0.2, 0.25) is 0 Å². The van der Waals surface area contributed by atoms with Crippen LogP contribution in [-0.2, 0) is 0 Å². The molecule has 0 bridgehead atoms. The third kappa shape index (κ3) is 3.23. The van der Waals surface area contributed by atoms with Crippen molar-refractivity contribution in [2.75, 3.05) is 31.1 Å². The zero-order valence-electron chi connectivity index (χ0n) is 14.3. The van der Waals surface area contributed by atoms with Crippen LogP contribution in [0.25, 0.3) is 11.0 Å². The molecule has 1 aromatic carbocycles. The van der Waals surface area contributed by atoms with Crippen molar-refractivity contribution in [3.63, 3.8) is 0 Å². The number of rotatable bonds is 4. The van der Waals surface area contributed by atoms with Crippen molar-refractivity contribution < 1.29 is 5.11 Å². The van der Waals surface area contributed by atoms with E-state index in [-0.39, 0.29) is 0 Å². The van der Waals surface area contributed by atoms with E-state index in [2.05, 4.69) is 31.7 Å². The third-order valence-corrected chi connectivity index (χ3v) is 4.99. The van der Waals surface area contributed by atoms with Gasteiger partial charge in [0, 0.05) is 38.4 Å². The van der Waals surface area contributed by atoms with Crippen LogP contribution in [0.5, 0.6) is 0 Å². The second-order valence-corrected chi connectivity index (χ2v) is 6.65. The van der Waals surface area contributed by atoms with Gasteiger partial charge in [0.25, 0.3) is 0 Å². The predicted octanol–water partition coefficient (Wildman–Crippen LogP) is 2.20. The molecule has 4 rings (SSSR count). The standard InChI is InChI=1S/C19H23N5O/c1-14-11-24(19-16-7-8-20-18(16)21-13-22-19)10-9-23(14)12-17(25)15-5-3-2-4-6-15/h2-8,13-14,17,25H,9-12H2,1H3,(H,20,21,22)/t14-,17+/m1/s1. The maximum Gasteiger partial charge on any atom is 0.142 e. The van der Waals surface area contributed by atoms with Crippen molar-refractivity contribution in [3.8, 4) is 0 Å². The van der Waals surface area contributed by atoms with Crippen LogP contribution in [0.1, 0.15) is 18.6 Å². The monoisotopic (exact) mass is 337 g/mol. The van der Waals surface area contributed by atoms with Gasteiger partial charge in [-0.25, -0.2) is 9.97 Å². The Morgan fingerprint density at radius 3 is 2.84 bits per heavy atom. The van der Waals surface area contributed by atoms with Gasteiger partial charge in [0.1, 0.15) is 17.8 Å². The molecule has 1 saturated heterocycles. The molecule has 1 fully saturated rings. The van der Waals surface area contributed by atoms with E-state index >= 15 is 0 Å². The fraction of sp³-hybridized carbons (Fsp3) is 0.368. The number of aromatic nitrogens is 3. The lowest BCUT2D eigenvalue weighted by molar-refractivity contribution is 0.0849. The molecule has 6 nitrogen and oxygen atoms in total. The Bertz CT molecular complexity index is 834. The lowest BCUT2D eigenvalue weighted by Gasteiger charge is -2.41. The van der Waals surface area contributed by atoms with Gasteiger partial charge in [0.05, 0.1) is 11.5 Å². The first-order valence-corrected chi connectivity index (χ1v) is 8.72. The molecule has 6 heteroatoms. The number of anilines is 1. The summed E-state index contributed by atoms with van der Waals surface area (Å²) < 4.78 is 0. The molecule has 2 aromatic heterocycles. The topological polar surface area (TPSA) is 68.3 Å². The molecule has 0 saturated carbocycles. The van der Waals surface area contributed by atoms with Crippen molar-refractivity contribution in [1.29, 1.82) is 0 Å². The van der Waals surface area contributed by atoms with Gasteiger partial charge < -0.3 is 15.0 Å². The Morgan fingerprint density at radius 1 is 1.20 bits per heavy atom. The fourth-order valence-corrected chi connectivity index (χ4v) is 3.57. The van der Waals surface area contributed by atoms with Gasteiger partial charge in [-0.1, -0.05) is 30.3 Å². The van der Waals surface area contributed by atoms with Crippen LogP contribution < -0.4 is 4.90 Å². The third-order valence-electron chi connectivity index (χ3n) is 4.99. The van der Waals surface area contributed by atoms with E-state index in [1.165, 1.54) is 0 Å². The summed E-state index contributed by atoms with van der Waals surface area (Å²) in [5.74, 6) is 0.987. The first-order chi connectivity index (χ1) is 12.2. The Hall–Kier alpha value is -2.44. The highest BCUT2D eigenvalue weighted by Gasteiger charge is 2.27. The summed E-state index contributed by atoms with van der Waals surface area (Å²) in [5.41, 5.74) is 1.85. The number of aliphatic hydroxyl groups is 1. The number of aromatic amines is 1. The summed E-state index contributed by atoms with van der Waals surface area (Å²) >= 11 is 0. The zero-order chi connectivity index (χ0) is 17.2. The molecule has 0 spiro atoms. The summed E-state index contributed by atoms with van der Waals surface area (Å²) in [6.45, 7) is 5.55. The fourth-order valence-electron chi connectivity index (χ4n) is 3.57. The molecular weight excluding hydrogens is 314 g/mol. The van der Waals surface area contributed by atoms with Gasteiger partial charge in [0.15, 0.2) is 0 Å². The highest BCUT2D eigenvalue weighted by atomic mass is 16.3. The number of β-amino-alcohol motifs (C(OH)–C–C–N with tert-alkyl or cyclic N) is 1. The summed E-state index contributed by atoms with van der Waals surface area (Å²) in [5, 5.41) is 11.6. The summed E-state index contributed by atoms with van der Waals surface area (Å²) in [6, 6.07) is 12.2. The highest BCUT2D eigenvalue weighted by molar-refractivity contribution is 5.87. The Labute approximate surface area is 147 Å². The van der Waals surface area contributed by atoms with Crippen molar-refractivity contribution in [2.24, 2.45) is 0 Å². The van der Waals surface area contributed by atoms with Crippen LogP contribution in [0.3, 0.4) is 0 Å². The predicted molar refractivity (Wildman–Crippen MR) is 98.5 cm³/mol. The molecule has 0 unspecified atom stereocenters. The number of piperazine rings is 1. The molecular formula is C19H23N5O. The van der Waals surface area contributed by atoms with E-state index in [9.17, 15) is 5.11 Å². The summed E-state index contributed by atoms with van der Waals surface area (Å²) in [7, 11) is 0. The van der Waals surface area contributed by atoms with E-state index in [1.807, 2.05) is 42.6 Å². The zero-order valence-corrected chi connectivity index (χ0v) is 14.3. The summed E-state index contributed by atoms with van der Waals surface area (Å²) in [4.78, 5) is 16.6. The van der Waals surface area contributed by atoms with Crippen LogP contribution in [0.15, 0.2) is 48.9 Å². The van der Waals surface area contributed by atoms with E-state index in [4.69, 9.17) is 0 Å². The number of aliphatic hydroxyl groups excluding tert-OH is 1. The molecule has 0 aliphatic carbocycles. The van der Waals surface area contributed by atoms with Crippen LogP contribution in [0, 0.1) is 0 Å². The van der Waals surface area contributed by atoms with Crippen molar-refractivity contribution in [3.05, 3.63) is 54.5 Å².